The average Bonchev–Trinajstić information content (AvgIpc) is 2.79. The van der Waals surface area contributed by atoms with Gasteiger partial charge < -0.3 is 20.2 Å². The maximum atomic E-state index is 12.1. The minimum absolute atomic E-state index is 0.0105. The number of carbonyl (C=O) groups is 1. The number of rotatable bonds is 2. The van der Waals surface area contributed by atoms with Crippen molar-refractivity contribution < 1.29 is 20.1 Å². The van der Waals surface area contributed by atoms with Crippen molar-refractivity contribution in [2.75, 3.05) is 19.7 Å². The van der Waals surface area contributed by atoms with E-state index in [-0.39, 0.29) is 31.3 Å². The first kappa shape index (κ1) is 14.5. The first-order valence-electron chi connectivity index (χ1n) is 6.33. The molecule has 2 heterocycles. The second-order valence-corrected chi connectivity index (χ2v) is 4.55. The monoisotopic (exact) mass is 276 g/mol. The van der Waals surface area contributed by atoms with Gasteiger partial charge in [-0.3, -0.25) is 4.79 Å². The third-order valence-corrected chi connectivity index (χ3v) is 3.00. The number of hydrogen-bond acceptors (Lipinski definition) is 5. The summed E-state index contributed by atoms with van der Waals surface area (Å²) in [5.74, 6) is 5.26. The van der Waals surface area contributed by atoms with Crippen LogP contribution in [0.3, 0.4) is 0 Å². The smallest absolute Gasteiger partial charge is 0.272 e. The molecule has 1 aliphatic rings. The predicted octanol–water partition coefficient (Wildman–Crippen LogP) is -1.01. The van der Waals surface area contributed by atoms with E-state index >= 15 is 0 Å². The normalized spacial score (nSPS) is 21.4. The van der Waals surface area contributed by atoms with Gasteiger partial charge in [-0.2, -0.15) is 0 Å². The van der Waals surface area contributed by atoms with Crippen molar-refractivity contribution in [1.29, 1.82) is 0 Å². The van der Waals surface area contributed by atoms with Crippen molar-refractivity contribution in [3.8, 4) is 11.8 Å². The van der Waals surface area contributed by atoms with Gasteiger partial charge in [0.05, 0.1) is 18.8 Å². The molecule has 0 bridgehead atoms. The van der Waals surface area contributed by atoms with Crippen molar-refractivity contribution in [3.63, 3.8) is 0 Å². The molecule has 6 nitrogen and oxygen atoms in total. The molecule has 1 saturated heterocycles. The molecule has 1 aromatic heterocycles. The van der Waals surface area contributed by atoms with Gasteiger partial charge in [-0.05, 0) is 12.1 Å². The fourth-order valence-electron chi connectivity index (χ4n) is 1.91. The first-order chi connectivity index (χ1) is 9.61. The molecule has 3 N–H and O–H groups in total. The maximum absolute atomic E-state index is 12.1. The summed E-state index contributed by atoms with van der Waals surface area (Å²) in [5, 5.41) is 27.5. The van der Waals surface area contributed by atoms with Crippen molar-refractivity contribution in [2.24, 2.45) is 0 Å². The molecule has 0 aromatic carbocycles. The zero-order chi connectivity index (χ0) is 14.5. The highest BCUT2D eigenvalue weighted by atomic mass is 16.3. The third-order valence-electron chi connectivity index (χ3n) is 3.00. The Morgan fingerprint density at radius 3 is 2.60 bits per heavy atom. The summed E-state index contributed by atoms with van der Waals surface area (Å²) in [6, 6.07) is 3.23. The predicted molar refractivity (Wildman–Crippen MR) is 70.7 cm³/mol. The molecule has 0 aliphatic carbocycles. The standard InChI is InChI=1S/C14H16N2O4/c17-6-2-1-3-10-4-5-11(15-7-10)14(20)16-8-12(18)13(19)9-16/h4-5,7,12-13,17-19H,2,6,8-9H2. The minimum atomic E-state index is -0.900. The maximum Gasteiger partial charge on any atom is 0.272 e. The summed E-state index contributed by atoms with van der Waals surface area (Å²) in [5.41, 5.74) is 0.912. The van der Waals surface area contributed by atoms with E-state index in [4.69, 9.17) is 5.11 Å². The highest BCUT2D eigenvalue weighted by molar-refractivity contribution is 5.92. The van der Waals surface area contributed by atoms with Crippen molar-refractivity contribution in [1.82, 2.24) is 9.88 Å². The van der Waals surface area contributed by atoms with Crippen LogP contribution in [0.4, 0.5) is 0 Å². The molecule has 0 radical (unpaired) electrons. The van der Waals surface area contributed by atoms with Gasteiger partial charge in [0.25, 0.3) is 5.91 Å². The largest absolute Gasteiger partial charge is 0.395 e. The number of likely N-dealkylation sites (tertiary alicyclic amines) is 1. The lowest BCUT2D eigenvalue weighted by Crippen LogP contribution is -2.30. The van der Waals surface area contributed by atoms with Gasteiger partial charge >= 0.3 is 0 Å². The van der Waals surface area contributed by atoms with Crippen LogP contribution in [0.1, 0.15) is 22.5 Å². The molecule has 2 atom stereocenters. The van der Waals surface area contributed by atoms with E-state index in [1.165, 1.54) is 11.1 Å². The van der Waals surface area contributed by atoms with Crippen LogP contribution in [-0.2, 0) is 0 Å². The summed E-state index contributed by atoms with van der Waals surface area (Å²) < 4.78 is 0. The van der Waals surface area contributed by atoms with Gasteiger partial charge in [0.1, 0.15) is 5.69 Å². The van der Waals surface area contributed by atoms with Crippen molar-refractivity contribution >= 4 is 5.91 Å². The molecule has 6 heteroatoms. The molecular formula is C14H16N2O4. The summed E-state index contributed by atoms with van der Waals surface area (Å²) in [7, 11) is 0. The van der Waals surface area contributed by atoms with Crippen molar-refractivity contribution in [3.05, 3.63) is 29.6 Å². The number of aliphatic hydroxyl groups excluding tert-OH is 3. The second-order valence-electron chi connectivity index (χ2n) is 4.55. The minimum Gasteiger partial charge on any atom is -0.395 e. The molecule has 2 unspecified atom stereocenters. The Hall–Kier alpha value is -1.94. The van der Waals surface area contributed by atoms with Gasteiger partial charge in [0.15, 0.2) is 0 Å². The number of aliphatic hydroxyl groups is 3. The molecule has 0 saturated carbocycles. The number of aromatic nitrogens is 1. The molecule has 20 heavy (non-hydrogen) atoms. The lowest BCUT2D eigenvalue weighted by Gasteiger charge is -2.14. The van der Waals surface area contributed by atoms with Gasteiger partial charge in [-0.1, -0.05) is 11.8 Å². The zero-order valence-electron chi connectivity index (χ0n) is 10.9. The van der Waals surface area contributed by atoms with E-state index in [2.05, 4.69) is 16.8 Å². The average molecular weight is 276 g/mol. The zero-order valence-corrected chi connectivity index (χ0v) is 10.9. The Labute approximate surface area is 116 Å². The van der Waals surface area contributed by atoms with Crippen LogP contribution in [-0.4, -0.2) is 63.0 Å². The molecule has 1 fully saturated rings. The fourth-order valence-corrected chi connectivity index (χ4v) is 1.91. The number of amides is 1. The Morgan fingerprint density at radius 2 is 2.05 bits per heavy atom. The van der Waals surface area contributed by atoms with Crippen LogP contribution in [0, 0.1) is 11.8 Å². The molecule has 1 amide bonds. The van der Waals surface area contributed by atoms with Gasteiger partial charge in [-0.25, -0.2) is 4.98 Å². The van der Waals surface area contributed by atoms with Crippen LogP contribution >= 0.6 is 0 Å². The summed E-state index contributed by atoms with van der Waals surface area (Å²) in [6.45, 7) is 0.232. The summed E-state index contributed by atoms with van der Waals surface area (Å²) >= 11 is 0. The Bertz CT molecular complexity index is 522. The molecule has 1 aliphatic heterocycles. The van der Waals surface area contributed by atoms with E-state index in [9.17, 15) is 15.0 Å². The number of hydrogen-bond donors (Lipinski definition) is 3. The first-order valence-corrected chi connectivity index (χ1v) is 6.33. The van der Waals surface area contributed by atoms with Gasteiger partial charge in [0.2, 0.25) is 0 Å². The third kappa shape index (κ3) is 3.33. The van der Waals surface area contributed by atoms with Crippen LogP contribution in [0.25, 0.3) is 0 Å². The number of carbonyl (C=O) groups excluding carboxylic acids is 1. The highest BCUT2D eigenvalue weighted by Crippen LogP contribution is 2.13. The fraction of sp³-hybridized carbons (Fsp3) is 0.429. The topological polar surface area (TPSA) is 93.9 Å². The summed E-state index contributed by atoms with van der Waals surface area (Å²) in [6.07, 6.45) is 0.0789. The Balaban J connectivity index is 2.03. The van der Waals surface area contributed by atoms with Crippen molar-refractivity contribution in [2.45, 2.75) is 18.6 Å². The summed E-state index contributed by atoms with van der Waals surface area (Å²) in [4.78, 5) is 17.5. The van der Waals surface area contributed by atoms with Crippen LogP contribution in [0.5, 0.6) is 0 Å². The molecular weight excluding hydrogens is 260 g/mol. The quantitative estimate of drug-likeness (QED) is 0.602. The second kappa shape index (κ2) is 6.48. The highest BCUT2D eigenvalue weighted by Gasteiger charge is 2.33. The number of β-amino-alcohol motifs (C(OH)–C–C–N with tert-alkyl or cyclic N) is 2. The van der Waals surface area contributed by atoms with Crippen LogP contribution in [0.2, 0.25) is 0 Å². The lowest BCUT2D eigenvalue weighted by atomic mass is 10.2. The molecule has 106 valence electrons. The SMILES string of the molecule is O=C(c1ccc(C#CCCO)cn1)N1CC(O)C(O)C1. The lowest BCUT2D eigenvalue weighted by molar-refractivity contribution is 0.0572. The van der Waals surface area contributed by atoms with E-state index in [0.717, 1.165) is 0 Å². The van der Waals surface area contributed by atoms with E-state index in [1.54, 1.807) is 12.1 Å². The van der Waals surface area contributed by atoms with Gasteiger partial charge in [0, 0.05) is 31.3 Å². The van der Waals surface area contributed by atoms with Crippen LogP contribution in [0.15, 0.2) is 18.3 Å². The van der Waals surface area contributed by atoms with Crippen LogP contribution < -0.4 is 0 Å². The van der Waals surface area contributed by atoms with E-state index in [1.807, 2.05) is 0 Å². The molecule has 0 spiro atoms. The number of pyridine rings is 1. The van der Waals surface area contributed by atoms with Gasteiger partial charge in [-0.15, -0.1) is 0 Å². The van der Waals surface area contributed by atoms with E-state index in [0.29, 0.717) is 12.0 Å². The number of nitrogens with zero attached hydrogens (tertiary/aromatic N) is 2. The molecule has 2 rings (SSSR count). The molecule has 1 aromatic rings. The Kier molecular flexibility index (Phi) is 4.69. The Morgan fingerprint density at radius 1 is 1.35 bits per heavy atom. The van der Waals surface area contributed by atoms with E-state index < -0.39 is 12.2 Å².